The Morgan fingerprint density at radius 3 is 3.15 bits per heavy atom. The van der Waals surface area contributed by atoms with E-state index in [0.29, 0.717) is 6.54 Å². The first-order valence-corrected chi connectivity index (χ1v) is 4.13. The van der Waals surface area contributed by atoms with E-state index in [-0.39, 0.29) is 0 Å². The van der Waals surface area contributed by atoms with Crippen molar-refractivity contribution in [2.75, 3.05) is 5.73 Å². The minimum Gasteiger partial charge on any atom is -0.399 e. The molecule has 0 aliphatic heterocycles. The van der Waals surface area contributed by atoms with Crippen LogP contribution < -0.4 is 5.73 Å². The lowest BCUT2D eigenvalue weighted by molar-refractivity contribution is 0.729. The summed E-state index contributed by atoms with van der Waals surface area (Å²) < 4.78 is 1.87. The van der Waals surface area contributed by atoms with Crippen molar-refractivity contribution >= 4 is 16.6 Å². The Labute approximate surface area is 76.5 Å². The third kappa shape index (κ3) is 1.28. The Morgan fingerprint density at radius 2 is 2.38 bits per heavy atom. The molecular weight excluding hydrogens is 162 g/mol. The molecule has 0 saturated heterocycles. The lowest BCUT2D eigenvalue weighted by Gasteiger charge is -1.99. The van der Waals surface area contributed by atoms with Crippen molar-refractivity contribution in [1.29, 1.82) is 0 Å². The lowest BCUT2D eigenvalue weighted by atomic mass is 10.2. The van der Waals surface area contributed by atoms with Gasteiger partial charge in [-0.1, -0.05) is 6.08 Å². The van der Waals surface area contributed by atoms with Crippen molar-refractivity contribution in [2.24, 2.45) is 0 Å². The smallest absolute Gasteiger partial charge is 0.0706 e. The van der Waals surface area contributed by atoms with E-state index >= 15 is 0 Å². The van der Waals surface area contributed by atoms with E-state index in [2.05, 4.69) is 11.7 Å². The highest BCUT2D eigenvalue weighted by atomic mass is 15.3. The first-order valence-electron chi connectivity index (χ1n) is 4.13. The Balaban J connectivity index is 2.64. The highest BCUT2D eigenvalue weighted by Gasteiger charge is 2.00. The summed E-state index contributed by atoms with van der Waals surface area (Å²) in [7, 11) is 0. The van der Waals surface area contributed by atoms with Crippen LogP contribution in [0.1, 0.15) is 0 Å². The monoisotopic (exact) mass is 173 g/mol. The fourth-order valence-corrected chi connectivity index (χ4v) is 1.36. The van der Waals surface area contributed by atoms with Crippen molar-refractivity contribution in [3.63, 3.8) is 0 Å². The topological polar surface area (TPSA) is 43.8 Å². The second kappa shape index (κ2) is 2.94. The Morgan fingerprint density at radius 1 is 1.54 bits per heavy atom. The summed E-state index contributed by atoms with van der Waals surface area (Å²) in [5, 5.41) is 5.32. The van der Waals surface area contributed by atoms with Crippen LogP contribution in [0.3, 0.4) is 0 Å². The van der Waals surface area contributed by atoms with Gasteiger partial charge in [0.05, 0.1) is 18.3 Å². The van der Waals surface area contributed by atoms with Gasteiger partial charge in [0, 0.05) is 11.1 Å². The predicted octanol–water partition coefficient (Wildman–Crippen LogP) is 1.80. The lowest BCUT2D eigenvalue weighted by Crippen LogP contribution is -1.96. The average molecular weight is 173 g/mol. The van der Waals surface area contributed by atoms with Gasteiger partial charge in [-0.05, 0) is 18.2 Å². The molecule has 66 valence electrons. The molecule has 1 aromatic carbocycles. The molecule has 0 bridgehead atoms. The van der Waals surface area contributed by atoms with Gasteiger partial charge in [0.2, 0.25) is 0 Å². The number of nitrogen functional groups attached to an aromatic ring is 1. The molecule has 0 fully saturated rings. The summed E-state index contributed by atoms with van der Waals surface area (Å²) in [6, 6.07) is 5.77. The van der Waals surface area contributed by atoms with E-state index in [1.54, 1.807) is 0 Å². The highest BCUT2D eigenvalue weighted by Crippen LogP contribution is 2.16. The first kappa shape index (κ1) is 7.86. The molecule has 13 heavy (non-hydrogen) atoms. The summed E-state index contributed by atoms with van der Waals surface area (Å²) in [5.41, 5.74) is 7.50. The second-order valence-corrected chi connectivity index (χ2v) is 2.93. The number of allylic oxidation sites excluding steroid dienone is 1. The van der Waals surface area contributed by atoms with E-state index in [0.717, 1.165) is 16.6 Å². The van der Waals surface area contributed by atoms with Gasteiger partial charge < -0.3 is 5.73 Å². The number of aromatic nitrogens is 2. The van der Waals surface area contributed by atoms with E-state index in [4.69, 9.17) is 5.73 Å². The maximum absolute atomic E-state index is 5.68. The zero-order valence-corrected chi connectivity index (χ0v) is 7.27. The van der Waals surface area contributed by atoms with Crippen LogP contribution >= 0.6 is 0 Å². The van der Waals surface area contributed by atoms with Crippen molar-refractivity contribution in [1.82, 2.24) is 9.78 Å². The summed E-state index contributed by atoms with van der Waals surface area (Å²) >= 11 is 0. The molecule has 3 nitrogen and oxygen atoms in total. The average Bonchev–Trinajstić information content (AvgIpc) is 2.49. The van der Waals surface area contributed by atoms with Gasteiger partial charge in [-0.3, -0.25) is 4.68 Å². The standard InChI is InChI=1S/C10H11N3/c1-2-5-13-10-6-9(11)4-3-8(10)7-12-13/h2-4,6-7H,1,5,11H2. The highest BCUT2D eigenvalue weighted by molar-refractivity contribution is 5.81. The number of benzene rings is 1. The SMILES string of the molecule is C=CCn1ncc2ccc(N)cc21. The quantitative estimate of drug-likeness (QED) is 0.556. The van der Waals surface area contributed by atoms with Crippen LogP contribution in [0, 0.1) is 0 Å². The normalized spacial score (nSPS) is 10.5. The summed E-state index contributed by atoms with van der Waals surface area (Å²) in [6.07, 6.45) is 3.65. The van der Waals surface area contributed by atoms with Gasteiger partial charge in [-0.15, -0.1) is 6.58 Å². The Bertz CT molecular complexity index is 442. The van der Waals surface area contributed by atoms with E-state index in [1.807, 2.05) is 35.2 Å². The molecule has 2 N–H and O–H groups in total. The Hall–Kier alpha value is -1.77. The van der Waals surface area contributed by atoms with Crippen LogP contribution in [0.5, 0.6) is 0 Å². The number of fused-ring (bicyclic) bond motifs is 1. The van der Waals surface area contributed by atoms with Crippen LogP contribution in [0.15, 0.2) is 37.1 Å². The largest absolute Gasteiger partial charge is 0.399 e. The minimum absolute atomic E-state index is 0.715. The molecule has 3 heteroatoms. The summed E-state index contributed by atoms with van der Waals surface area (Å²) in [6.45, 7) is 4.39. The molecule has 0 aliphatic rings. The van der Waals surface area contributed by atoms with Crippen molar-refractivity contribution in [2.45, 2.75) is 6.54 Å². The van der Waals surface area contributed by atoms with E-state index in [9.17, 15) is 0 Å². The van der Waals surface area contributed by atoms with Crippen LogP contribution in [0.2, 0.25) is 0 Å². The third-order valence-electron chi connectivity index (χ3n) is 1.97. The number of nitrogens with two attached hydrogens (primary N) is 1. The van der Waals surface area contributed by atoms with Crippen LogP contribution in [-0.4, -0.2) is 9.78 Å². The second-order valence-electron chi connectivity index (χ2n) is 2.93. The van der Waals surface area contributed by atoms with Crippen molar-refractivity contribution in [3.8, 4) is 0 Å². The first-order chi connectivity index (χ1) is 6.31. The van der Waals surface area contributed by atoms with Crippen molar-refractivity contribution < 1.29 is 0 Å². The predicted molar refractivity (Wildman–Crippen MR) is 54.3 cm³/mol. The summed E-state index contributed by atoms with van der Waals surface area (Å²) in [4.78, 5) is 0. The minimum atomic E-state index is 0.715. The fraction of sp³-hybridized carbons (Fsp3) is 0.100. The molecule has 0 atom stereocenters. The molecule has 0 aliphatic carbocycles. The van der Waals surface area contributed by atoms with Crippen LogP contribution in [0.4, 0.5) is 5.69 Å². The van der Waals surface area contributed by atoms with Gasteiger partial charge in [-0.2, -0.15) is 5.10 Å². The van der Waals surface area contributed by atoms with Gasteiger partial charge in [0.25, 0.3) is 0 Å². The Kier molecular flexibility index (Phi) is 1.77. The third-order valence-corrected chi connectivity index (χ3v) is 1.97. The molecule has 2 rings (SSSR count). The molecule has 0 radical (unpaired) electrons. The van der Waals surface area contributed by atoms with Crippen molar-refractivity contribution in [3.05, 3.63) is 37.1 Å². The number of rotatable bonds is 2. The van der Waals surface area contributed by atoms with Crippen LogP contribution in [0.25, 0.3) is 10.9 Å². The number of hydrogen-bond acceptors (Lipinski definition) is 2. The molecule has 0 amide bonds. The zero-order valence-electron chi connectivity index (χ0n) is 7.27. The number of anilines is 1. The summed E-state index contributed by atoms with van der Waals surface area (Å²) in [5.74, 6) is 0. The molecule has 2 aromatic rings. The van der Waals surface area contributed by atoms with Crippen LogP contribution in [-0.2, 0) is 6.54 Å². The molecule has 0 spiro atoms. The number of nitrogens with zero attached hydrogens (tertiary/aromatic N) is 2. The molecule has 0 unspecified atom stereocenters. The molecular formula is C10H11N3. The zero-order chi connectivity index (χ0) is 9.26. The molecule has 1 aromatic heterocycles. The van der Waals surface area contributed by atoms with Gasteiger partial charge in [0.1, 0.15) is 0 Å². The maximum Gasteiger partial charge on any atom is 0.0706 e. The fourth-order valence-electron chi connectivity index (χ4n) is 1.36. The van der Waals surface area contributed by atoms with Gasteiger partial charge in [0.15, 0.2) is 0 Å². The van der Waals surface area contributed by atoms with Gasteiger partial charge in [-0.25, -0.2) is 0 Å². The van der Waals surface area contributed by atoms with E-state index in [1.165, 1.54) is 0 Å². The van der Waals surface area contributed by atoms with E-state index < -0.39 is 0 Å². The molecule has 1 heterocycles. The maximum atomic E-state index is 5.68. The number of hydrogen-bond donors (Lipinski definition) is 1. The van der Waals surface area contributed by atoms with Gasteiger partial charge >= 0.3 is 0 Å². The molecule has 0 saturated carbocycles.